The lowest BCUT2D eigenvalue weighted by Crippen LogP contribution is -2.56. The minimum atomic E-state index is -1.10. The van der Waals surface area contributed by atoms with E-state index >= 15 is 0 Å². The number of carbonyl (C=O) groups is 2. The fraction of sp³-hybridized carbons (Fsp3) is 0.241. The lowest BCUT2D eigenvalue weighted by atomic mass is 9.98. The summed E-state index contributed by atoms with van der Waals surface area (Å²) in [6, 6.07) is 22.7. The highest BCUT2D eigenvalue weighted by atomic mass is 16.5. The van der Waals surface area contributed by atoms with Crippen LogP contribution in [-0.4, -0.2) is 38.4 Å². The van der Waals surface area contributed by atoms with Crippen LogP contribution < -0.4 is 16.8 Å². The molecule has 0 spiro atoms. The van der Waals surface area contributed by atoms with Gasteiger partial charge >= 0.3 is 5.76 Å². The second-order valence-corrected chi connectivity index (χ2v) is 10.1. The molecule has 0 saturated carbocycles. The molecule has 1 aromatic heterocycles. The molecule has 0 fully saturated rings. The van der Waals surface area contributed by atoms with E-state index in [2.05, 4.69) is 20.0 Å². The van der Waals surface area contributed by atoms with Gasteiger partial charge in [-0.3, -0.25) is 19.1 Å². The number of nitrogens with one attached hydrogen (secondary N) is 2. The van der Waals surface area contributed by atoms with Gasteiger partial charge in [0.2, 0.25) is 11.8 Å². The van der Waals surface area contributed by atoms with Gasteiger partial charge in [0.25, 0.3) is 0 Å². The Balaban J connectivity index is 1.40. The number of amides is 2. The molecule has 9 nitrogen and oxygen atoms in total. The maximum Gasteiger partial charge on any atom is 0.439 e. The van der Waals surface area contributed by atoms with Crippen molar-refractivity contribution < 1.29 is 14.1 Å². The summed E-state index contributed by atoms with van der Waals surface area (Å²) < 4.78 is 4.68. The van der Waals surface area contributed by atoms with Gasteiger partial charge < -0.3 is 16.0 Å². The zero-order valence-corrected chi connectivity index (χ0v) is 21.2. The van der Waals surface area contributed by atoms with Crippen LogP contribution in [0.4, 0.5) is 0 Å². The van der Waals surface area contributed by atoms with Crippen molar-refractivity contribution in [2.24, 2.45) is 5.73 Å². The van der Waals surface area contributed by atoms with Crippen LogP contribution in [0.3, 0.4) is 0 Å². The van der Waals surface area contributed by atoms with E-state index in [1.165, 1.54) is 0 Å². The van der Waals surface area contributed by atoms with E-state index in [1.54, 1.807) is 18.7 Å². The van der Waals surface area contributed by atoms with Crippen molar-refractivity contribution in [3.05, 3.63) is 100 Å². The number of H-pyrrole nitrogens is 1. The Morgan fingerprint density at radius 2 is 1.68 bits per heavy atom. The van der Waals surface area contributed by atoms with Crippen LogP contribution in [0.15, 0.2) is 82.1 Å². The van der Waals surface area contributed by atoms with E-state index in [-0.39, 0.29) is 11.8 Å². The predicted octanol–water partition coefficient (Wildman–Crippen LogP) is 3.00. The Morgan fingerprint density at radius 1 is 1.03 bits per heavy atom. The average Bonchev–Trinajstić information content (AvgIpc) is 3.29. The summed E-state index contributed by atoms with van der Waals surface area (Å²) in [7, 11) is 0. The molecule has 38 heavy (non-hydrogen) atoms. The second-order valence-electron chi connectivity index (χ2n) is 10.1. The highest BCUT2D eigenvalue weighted by molar-refractivity contribution is 5.92. The third-order valence-corrected chi connectivity index (χ3v) is 6.66. The van der Waals surface area contributed by atoms with Crippen molar-refractivity contribution in [2.75, 3.05) is 0 Å². The SMILES string of the molecule is CC(C)(N)C(=O)NC1Cc2ccccc2CN(Cc2ccc(-c3ccccc3-c3noc(=O)[nH]3)cc2)C1=O. The number of aromatic amines is 1. The van der Waals surface area contributed by atoms with Gasteiger partial charge in [-0.2, -0.15) is 0 Å². The standard InChI is InChI=1S/C29H29N5O4/c1-29(2,30)27(36)31-24-15-20-7-3-4-8-21(20)17-34(26(24)35)16-18-11-13-19(14-12-18)22-9-5-6-10-23(22)25-32-28(37)38-33-25/h3-14,24H,15-17,30H2,1-2H3,(H,31,36)(H,32,33,37). The minimum absolute atomic E-state index is 0.150. The summed E-state index contributed by atoms with van der Waals surface area (Å²) in [5.41, 5.74) is 10.5. The number of fused-ring (bicyclic) bond motifs is 1. The van der Waals surface area contributed by atoms with E-state index in [0.29, 0.717) is 25.3 Å². The first-order valence-electron chi connectivity index (χ1n) is 12.4. The van der Waals surface area contributed by atoms with Crippen molar-refractivity contribution in [3.8, 4) is 22.5 Å². The zero-order chi connectivity index (χ0) is 26.9. The summed E-state index contributed by atoms with van der Waals surface area (Å²) in [4.78, 5) is 42.1. The fourth-order valence-corrected chi connectivity index (χ4v) is 4.61. The van der Waals surface area contributed by atoms with Crippen LogP contribution in [0.25, 0.3) is 22.5 Å². The molecule has 3 aromatic carbocycles. The summed E-state index contributed by atoms with van der Waals surface area (Å²) in [6.45, 7) is 4.06. The number of benzene rings is 3. The fourth-order valence-electron chi connectivity index (χ4n) is 4.61. The Bertz CT molecular complexity index is 1530. The Kier molecular flexibility index (Phi) is 6.69. The Hall–Kier alpha value is -4.50. The van der Waals surface area contributed by atoms with Crippen molar-refractivity contribution >= 4 is 11.8 Å². The largest absolute Gasteiger partial charge is 0.439 e. The number of rotatable bonds is 6. The first-order chi connectivity index (χ1) is 18.2. The minimum Gasteiger partial charge on any atom is -0.342 e. The molecule has 9 heteroatoms. The molecule has 1 unspecified atom stereocenters. The maximum atomic E-state index is 13.6. The van der Waals surface area contributed by atoms with Gasteiger partial charge in [0, 0.05) is 25.1 Å². The van der Waals surface area contributed by atoms with Gasteiger partial charge in [-0.25, -0.2) is 4.79 Å². The third-order valence-electron chi connectivity index (χ3n) is 6.66. The van der Waals surface area contributed by atoms with Gasteiger partial charge in [0.15, 0.2) is 5.82 Å². The zero-order valence-electron chi connectivity index (χ0n) is 21.2. The highest BCUT2D eigenvalue weighted by Gasteiger charge is 2.33. The lowest BCUT2D eigenvalue weighted by Gasteiger charge is -2.27. The Labute approximate surface area is 219 Å². The van der Waals surface area contributed by atoms with E-state index in [4.69, 9.17) is 5.73 Å². The van der Waals surface area contributed by atoms with Crippen LogP contribution in [0, 0.1) is 0 Å². The van der Waals surface area contributed by atoms with Crippen LogP contribution in [0.2, 0.25) is 0 Å². The van der Waals surface area contributed by atoms with Gasteiger partial charge in [-0.1, -0.05) is 78.0 Å². The Morgan fingerprint density at radius 3 is 2.34 bits per heavy atom. The predicted molar refractivity (Wildman–Crippen MR) is 143 cm³/mol. The van der Waals surface area contributed by atoms with E-state index in [9.17, 15) is 14.4 Å². The van der Waals surface area contributed by atoms with Crippen molar-refractivity contribution in [1.29, 1.82) is 0 Å². The van der Waals surface area contributed by atoms with Gasteiger partial charge in [0.05, 0.1) is 5.54 Å². The van der Waals surface area contributed by atoms with Gasteiger partial charge in [-0.05, 0) is 41.7 Å². The van der Waals surface area contributed by atoms with Gasteiger partial charge in [0.1, 0.15) is 6.04 Å². The molecular formula is C29H29N5O4. The van der Waals surface area contributed by atoms with E-state index in [1.807, 2.05) is 72.8 Å². The number of carbonyl (C=O) groups excluding carboxylic acids is 2. The molecule has 0 bridgehead atoms. The number of aromatic nitrogens is 2. The topological polar surface area (TPSA) is 134 Å². The molecule has 1 aliphatic heterocycles. The van der Waals surface area contributed by atoms with Crippen molar-refractivity contribution in [3.63, 3.8) is 0 Å². The molecule has 1 aliphatic rings. The third kappa shape index (κ3) is 5.28. The van der Waals surface area contributed by atoms with Crippen LogP contribution >= 0.6 is 0 Å². The van der Waals surface area contributed by atoms with E-state index in [0.717, 1.165) is 33.4 Å². The molecule has 4 aromatic rings. The molecule has 1 atom stereocenters. The molecule has 194 valence electrons. The summed E-state index contributed by atoms with van der Waals surface area (Å²) in [6.07, 6.45) is 0.410. The van der Waals surface area contributed by atoms with Crippen LogP contribution in [0.1, 0.15) is 30.5 Å². The number of nitrogens with zero attached hydrogens (tertiary/aromatic N) is 2. The lowest BCUT2D eigenvalue weighted by molar-refractivity contribution is -0.138. The van der Waals surface area contributed by atoms with Crippen molar-refractivity contribution in [2.45, 2.75) is 44.9 Å². The molecule has 5 rings (SSSR count). The number of nitrogens with two attached hydrogens (primary N) is 1. The monoisotopic (exact) mass is 511 g/mol. The summed E-state index contributed by atoms with van der Waals surface area (Å²) >= 11 is 0. The molecule has 0 radical (unpaired) electrons. The van der Waals surface area contributed by atoms with Crippen molar-refractivity contribution in [1.82, 2.24) is 20.4 Å². The molecular weight excluding hydrogens is 482 g/mol. The first-order valence-corrected chi connectivity index (χ1v) is 12.4. The van der Waals surface area contributed by atoms with Crippen LogP contribution in [-0.2, 0) is 29.1 Å². The average molecular weight is 512 g/mol. The molecule has 0 saturated heterocycles. The molecule has 0 aliphatic carbocycles. The van der Waals surface area contributed by atoms with Crippen LogP contribution in [0.5, 0.6) is 0 Å². The molecule has 4 N–H and O–H groups in total. The van der Waals surface area contributed by atoms with E-state index < -0.39 is 17.3 Å². The molecule has 2 heterocycles. The number of hydrogen-bond donors (Lipinski definition) is 3. The summed E-state index contributed by atoms with van der Waals surface area (Å²) in [5, 5.41) is 6.69. The quantitative estimate of drug-likeness (QED) is 0.364. The normalized spacial score (nSPS) is 15.6. The first kappa shape index (κ1) is 25.2. The highest BCUT2D eigenvalue weighted by Crippen LogP contribution is 2.30. The smallest absolute Gasteiger partial charge is 0.342 e. The van der Waals surface area contributed by atoms with Gasteiger partial charge in [-0.15, -0.1) is 0 Å². The second kappa shape index (κ2) is 10.1. The maximum absolute atomic E-state index is 13.6. The number of hydrogen-bond acceptors (Lipinski definition) is 6. The molecule has 2 amide bonds. The summed E-state index contributed by atoms with van der Waals surface area (Å²) in [5.74, 6) is -0.773.